The van der Waals surface area contributed by atoms with Gasteiger partial charge in [0.1, 0.15) is 0 Å². The van der Waals surface area contributed by atoms with Crippen molar-refractivity contribution in [2.24, 2.45) is 5.41 Å². The summed E-state index contributed by atoms with van der Waals surface area (Å²) >= 11 is 0. The van der Waals surface area contributed by atoms with Crippen molar-refractivity contribution in [3.63, 3.8) is 0 Å². The Bertz CT molecular complexity index is 86.1. The number of hydrogen-bond donors (Lipinski definition) is 1. The van der Waals surface area contributed by atoms with Gasteiger partial charge in [0.05, 0.1) is 6.61 Å². The van der Waals surface area contributed by atoms with Gasteiger partial charge in [-0.1, -0.05) is 20.8 Å². The maximum absolute atomic E-state index is 4.90. The van der Waals surface area contributed by atoms with Crippen LogP contribution in [0.2, 0.25) is 0 Å². The number of methoxy groups -OCH3 is 1. The Morgan fingerprint density at radius 2 is 2.00 bits per heavy atom. The molecule has 1 radical (unpaired) electrons. The summed E-state index contributed by atoms with van der Waals surface area (Å²) in [6, 6.07) is 0. The van der Waals surface area contributed by atoms with Crippen molar-refractivity contribution in [2.75, 3.05) is 26.8 Å². The lowest BCUT2D eigenvalue weighted by atomic mass is 9.92. The standard InChI is InChI=1S/C9H20NO/c1-9(2,3)5-6-10-7-8-11-4/h5,10H,6-8H2,1-4H3. The molecule has 1 N–H and O–H groups in total. The van der Waals surface area contributed by atoms with Crippen molar-refractivity contribution >= 4 is 0 Å². The van der Waals surface area contributed by atoms with Crippen LogP contribution in [0.5, 0.6) is 0 Å². The first-order chi connectivity index (χ1) is 5.06. The Morgan fingerprint density at radius 1 is 1.36 bits per heavy atom. The predicted molar refractivity (Wildman–Crippen MR) is 48.5 cm³/mol. The summed E-state index contributed by atoms with van der Waals surface area (Å²) in [7, 11) is 1.72. The zero-order valence-electron chi connectivity index (χ0n) is 8.11. The monoisotopic (exact) mass is 158 g/mol. The van der Waals surface area contributed by atoms with Crippen LogP contribution in [0, 0.1) is 11.8 Å². The van der Waals surface area contributed by atoms with Crippen LogP contribution in [0.15, 0.2) is 0 Å². The molecule has 0 heterocycles. The molecule has 0 saturated carbocycles. The highest BCUT2D eigenvalue weighted by Crippen LogP contribution is 2.15. The van der Waals surface area contributed by atoms with Gasteiger partial charge >= 0.3 is 0 Å². The topological polar surface area (TPSA) is 21.3 Å². The number of hydrogen-bond acceptors (Lipinski definition) is 2. The molecular weight excluding hydrogens is 138 g/mol. The molecule has 2 heteroatoms. The minimum atomic E-state index is 0.320. The Morgan fingerprint density at radius 3 is 2.45 bits per heavy atom. The number of nitrogens with one attached hydrogen (secondary N) is 1. The summed E-state index contributed by atoms with van der Waals surface area (Å²) in [5, 5.41) is 3.26. The second-order valence-corrected chi connectivity index (χ2v) is 3.77. The lowest BCUT2D eigenvalue weighted by Crippen LogP contribution is -2.24. The van der Waals surface area contributed by atoms with Gasteiger partial charge in [-0.05, 0) is 18.4 Å². The average Bonchev–Trinajstić information content (AvgIpc) is 1.85. The van der Waals surface area contributed by atoms with Gasteiger partial charge in [-0.15, -0.1) is 0 Å². The van der Waals surface area contributed by atoms with E-state index in [1.165, 1.54) is 0 Å². The van der Waals surface area contributed by atoms with E-state index in [1.807, 2.05) is 0 Å². The van der Waals surface area contributed by atoms with E-state index in [-0.39, 0.29) is 0 Å². The first kappa shape index (κ1) is 10.9. The van der Waals surface area contributed by atoms with E-state index in [9.17, 15) is 0 Å². The van der Waals surface area contributed by atoms with Crippen molar-refractivity contribution in [3.05, 3.63) is 6.42 Å². The minimum absolute atomic E-state index is 0.320. The average molecular weight is 158 g/mol. The van der Waals surface area contributed by atoms with Crippen LogP contribution in [-0.4, -0.2) is 26.8 Å². The summed E-state index contributed by atoms with van der Waals surface area (Å²) < 4.78 is 4.90. The van der Waals surface area contributed by atoms with Gasteiger partial charge in [-0.3, -0.25) is 0 Å². The third-order valence-corrected chi connectivity index (χ3v) is 1.34. The molecule has 0 atom stereocenters. The third-order valence-electron chi connectivity index (χ3n) is 1.34. The molecule has 0 aliphatic rings. The van der Waals surface area contributed by atoms with Gasteiger partial charge in [0.25, 0.3) is 0 Å². The molecule has 0 aromatic rings. The van der Waals surface area contributed by atoms with Crippen LogP contribution in [0.3, 0.4) is 0 Å². The zero-order valence-corrected chi connectivity index (χ0v) is 8.11. The fraction of sp³-hybridized carbons (Fsp3) is 0.889. The van der Waals surface area contributed by atoms with E-state index in [1.54, 1.807) is 7.11 Å². The number of rotatable bonds is 5. The van der Waals surface area contributed by atoms with E-state index in [0.717, 1.165) is 19.7 Å². The van der Waals surface area contributed by atoms with Gasteiger partial charge in [-0.25, -0.2) is 0 Å². The van der Waals surface area contributed by atoms with E-state index in [4.69, 9.17) is 4.74 Å². The normalized spacial score (nSPS) is 12.0. The molecule has 2 nitrogen and oxygen atoms in total. The molecule has 0 fully saturated rings. The van der Waals surface area contributed by atoms with Crippen LogP contribution in [0.25, 0.3) is 0 Å². The maximum Gasteiger partial charge on any atom is 0.0587 e. The predicted octanol–water partition coefficient (Wildman–Crippen LogP) is 1.47. The highest BCUT2D eigenvalue weighted by molar-refractivity contribution is 4.82. The summed E-state index contributed by atoms with van der Waals surface area (Å²) in [5.41, 5.74) is 0.320. The summed E-state index contributed by atoms with van der Waals surface area (Å²) in [6.45, 7) is 9.29. The SMILES string of the molecule is COCCNC[CH]C(C)(C)C. The summed E-state index contributed by atoms with van der Waals surface area (Å²) in [6.07, 6.45) is 2.27. The molecule has 11 heavy (non-hydrogen) atoms. The zero-order chi connectivity index (χ0) is 8.74. The molecule has 0 aliphatic carbocycles. The van der Waals surface area contributed by atoms with Crippen molar-refractivity contribution < 1.29 is 4.74 Å². The molecule has 0 aromatic heterocycles. The number of ether oxygens (including phenoxy) is 1. The molecule has 0 saturated heterocycles. The summed E-state index contributed by atoms with van der Waals surface area (Å²) in [5.74, 6) is 0. The molecule has 0 aliphatic heterocycles. The van der Waals surface area contributed by atoms with E-state index in [2.05, 4.69) is 32.5 Å². The molecule has 0 unspecified atom stereocenters. The van der Waals surface area contributed by atoms with Crippen molar-refractivity contribution in [1.29, 1.82) is 0 Å². The lowest BCUT2D eigenvalue weighted by Gasteiger charge is -2.17. The van der Waals surface area contributed by atoms with Gasteiger partial charge in [0.15, 0.2) is 0 Å². The van der Waals surface area contributed by atoms with E-state index < -0.39 is 0 Å². The lowest BCUT2D eigenvalue weighted by molar-refractivity contribution is 0.199. The van der Waals surface area contributed by atoms with Gasteiger partial charge in [0, 0.05) is 13.7 Å². The maximum atomic E-state index is 4.90. The van der Waals surface area contributed by atoms with Gasteiger partial charge in [-0.2, -0.15) is 0 Å². The Labute approximate surface area is 70.3 Å². The van der Waals surface area contributed by atoms with E-state index >= 15 is 0 Å². The smallest absolute Gasteiger partial charge is 0.0587 e. The molecule has 0 bridgehead atoms. The Hall–Kier alpha value is -0.0800. The molecule has 0 rings (SSSR count). The Balaban J connectivity index is 3.02. The largest absolute Gasteiger partial charge is 0.383 e. The van der Waals surface area contributed by atoms with E-state index in [0.29, 0.717) is 5.41 Å². The van der Waals surface area contributed by atoms with Crippen molar-refractivity contribution in [3.8, 4) is 0 Å². The first-order valence-corrected chi connectivity index (χ1v) is 4.10. The third kappa shape index (κ3) is 9.92. The van der Waals surface area contributed by atoms with Crippen LogP contribution < -0.4 is 5.32 Å². The second kappa shape index (κ2) is 5.56. The Kier molecular flexibility index (Phi) is 5.51. The van der Waals surface area contributed by atoms with Crippen LogP contribution in [0.4, 0.5) is 0 Å². The quantitative estimate of drug-likeness (QED) is 0.612. The first-order valence-electron chi connectivity index (χ1n) is 4.10. The highest BCUT2D eigenvalue weighted by Gasteiger charge is 2.08. The summed E-state index contributed by atoms with van der Waals surface area (Å²) in [4.78, 5) is 0. The van der Waals surface area contributed by atoms with Crippen molar-refractivity contribution in [1.82, 2.24) is 5.32 Å². The van der Waals surface area contributed by atoms with Crippen molar-refractivity contribution in [2.45, 2.75) is 20.8 Å². The van der Waals surface area contributed by atoms with Crippen LogP contribution >= 0.6 is 0 Å². The highest BCUT2D eigenvalue weighted by atomic mass is 16.5. The van der Waals surface area contributed by atoms with Crippen LogP contribution in [0.1, 0.15) is 20.8 Å². The molecular formula is C9H20NO. The van der Waals surface area contributed by atoms with Gasteiger partial charge < -0.3 is 10.1 Å². The fourth-order valence-electron chi connectivity index (χ4n) is 0.655. The van der Waals surface area contributed by atoms with Gasteiger partial charge in [0.2, 0.25) is 0 Å². The van der Waals surface area contributed by atoms with Crippen LogP contribution in [-0.2, 0) is 4.74 Å². The minimum Gasteiger partial charge on any atom is -0.383 e. The molecule has 67 valence electrons. The fourth-order valence-corrected chi connectivity index (χ4v) is 0.655. The molecule has 0 amide bonds. The molecule has 0 aromatic carbocycles. The molecule has 0 spiro atoms. The second-order valence-electron chi connectivity index (χ2n) is 3.77.